The summed E-state index contributed by atoms with van der Waals surface area (Å²) >= 11 is 0. The number of guanidine groups is 1. The molecule has 0 spiro atoms. The van der Waals surface area contributed by atoms with Gasteiger partial charge in [0.2, 0.25) is 0 Å². The molecule has 0 aromatic rings. The summed E-state index contributed by atoms with van der Waals surface area (Å²) in [6, 6.07) is 0.885. The van der Waals surface area contributed by atoms with Crippen LogP contribution in [0.25, 0.3) is 0 Å². The van der Waals surface area contributed by atoms with Gasteiger partial charge in [-0.2, -0.15) is 0 Å². The highest BCUT2D eigenvalue weighted by Crippen LogP contribution is 2.46. The molecule has 2 aliphatic carbocycles. The average Bonchev–Trinajstić information content (AvgIpc) is 3.32. The van der Waals surface area contributed by atoms with E-state index >= 15 is 0 Å². The first-order chi connectivity index (χ1) is 12.8. The largest absolute Gasteiger partial charge is 0.377 e. The topological polar surface area (TPSA) is 40.1 Å². The molecule has 2 saturated carbocycles. The van der Waals surface area contributed by atoms with Crippen molar-refractivity contribution in [1.82, 2.24) is 15.1 Å². The fourth-order valence-electron chi connectivity index (χ4n) is 5.45. The van der Waals surface area contributed by atoms with E-state index < -0.39 is 0 Å². The number of hydrogen-bond acceptors (Lipinski definition) is 3. The molecule has 3 fully saturated rings. The predicted molar refractivity (Wildman–Crippen MR) is 106 cm³/mol. The van der Waals surface area contributed by atoms with E-state index in [-0.39, 0.29) is 0 Å². The third-order valence-electron chi connectivity index (χ3n) is 6.87. The minimum atomic E-state index is 0.782. The lowest BCUT2D eigenvalue weighted by atomic mass is 9.93. The monoisotopic (exact) mass is 360 g/mol. The Balaban J connectivity index is 1.27. The standard InChI is InChI=1S/C21H36N4O/c1-2-22-21(23-8-5-17-6-13-26-14-7-17)25-11-9-24(10-12-25)20-16-18-3-4-19(20)15-18/h6,18-20H,2-5,7-16H2,1H3,(H,22,23). The summed E-state index contributed by atoms with van der Waals surface area (Å²) in [6.07, 6.45) is 10.4. The zero-order valence-electron chi connectivity index (χ0n) is 16.5. The number of fused-ring (bicyclic) bond motifs is 2. The van der Waals surface area contributed by atoms with Gasteiger partial charge in [-0.15, -0.1) is 0 Å². The van der Waals surface area contributed by atoms with Gasteiger partial charge in [-0.1, -0.05) is 18.1 Å². The van der Waals surface area contributed by atoms with Crippen LogP contribution >= 0.6 is 0 Å². The molecule has 0 radical (unpaired) electrons. The van der Waals surface area contributed by atoms with Crippen molar-refractivity contribution in [3.63, 3.8) is 0 Å². The predicted octanol–water partition coefficient (Wildman–Crippen LogP) is 2.49. The minimum Gasteiger partial charge on any atom is -0.377 e. The van der Waals surface area contributed by atoms with Gasteiger partial charge < -0.3 is 15.0 Å². The van der Waals surface area contributed by atoms with Gasteiger partial charge in [0.25, 0.3) is 0 Å². The van der Waals surface area contributed by atoms with Crippen molar-refractivity contribution in [2.75, 3.05) is 52.5 Å². The van der Waals surface area contributed by atoms with Gasteiger partial charge in [-0.05, 0) is 50.9 Å². The highest BCUT2D eigenvalue weighted by molar-refractivity contribution is 5.80. The third kappa shape index (κ3) is 4.25. The van der Waals surface area contributed by atoms with E-state index in [4.69, 9.17) is 9.73 Å². The lowest BCUT2D eigenvalue weighted by molar-refractivity contribution is 0.0958. The van der Waals surface area contributed by atoms with Crippen LogP contribution in [0.4, 0.5) is 0 Å². The van der Waals surface area contributed by atoms with Gasteiger partial charge >= 0.3 is 0 Å². The van der Waals surface area contributed by atoms with E-state index in [1.54, 1.807) is 0 Å². The number of ether oxygens (including phenoxy) is 1. The Hall–Kier alpha value is -1.07. The number of aliphatic imine (C=N–C) groups is 1. The maximum absolute atomic E-state index is 5.39. The second kappa shape index (κ2) is 8.75. The molecular weight excluding hydrogens is 324 g/mol. The van der Waals surface area contributed by atoms with Gasteiger partial charge in [0.1, 0.15) is 0 Å². The molecular formula is C21H36N4O. The molecule has 4 rings (SSSR count). The van der Waals surface area contributed by atoms with Crippen LogP contribution in [0.15, 0.2) is 16.6 Å². The summed E-state index contributed by atoms with van der Waals surface area (Å²) < 4.78 is 5.39. The first-order valence-corrected chi connectivity index (χ1v) is 10.9. The Bertz CT molecular complexity index is 524. The molecule has 3 unspecified atom stereocenters. The molecule has 2 aliphatic heterocycles. The van der Waals surface area contributed by atoms with Crippen molar-refractivity contribution in [3.05, 3.63) is 11.6 Å². The van der Waals surface area contributed by atoms with Crippen molar-refractivity contribution in [1.29, 1.82) is 0 Å². The summed E-state index contributed by atoms with van der Waals surface area (Å²) in [5.74, 6) is 3.16. The molecule has 4 aliphatic rings. The summed E-state index contributed by atoms with van der Waals surface area (Å²) in [4.78, 5) is 10.2. The maximum atomic E-state index is 5.39. The summed E-state index contributed by atoms with van der Waals surface area (Å²) in [5, 5.41) is 3.51. The number of rotatable bonds is 5. The maximum Gasteiger partial charge on any atom is 0.194 e. The van der Waals surface area contributed by atoms with Crippen molar-refractivity contribution in [2.45, 2.75) is 51.5 Å². The van der Waals surface area contributed by atoms with Crippen molar-refractivity contribution >= 4 is 5.96 Å². The van der Waals surface area contributed by atoms with Crippen LogP contribution in [0.5, 0.6) is 0 Å². The summed E-state index contributed by atoms with van der Waals surface area (Å²) in [6.45, 7) is 10.3. The fourth-order valence-corrected chi connectivity index (χ4v) is 5.45. The van der Waals surface area contributed by atoms with E-state index in [9.17, 15) is 0 Å². The van der Waals surface area contributed by atoms with Gasteiger partial charge in [0, 0.05) is 45.3 Å². The van der Waals surface area contributed by atoms with Crippen molar-refractivity contribution in [2.24, 2.45) is 16.8 Å². The molecule has 0 amide bonds. The highest BCUT2D eigenvalue weighted by atomic mass is 16.5. The Morgan fingerprint density at radius 1 is 1.23 bits per heavy atom. The molecule has 1 N–H and O–H groups in total. The van der Waals surface area contributed by atoms with Crippen molar-refractivity contribution < 1.29 is 4.74 Å². The molecule has 146 valence electrons. The smallest absolute Gasteiger partial charge is 0.194 e. The Morgan fingerprint density at radius 3 is 2.77 bits per heavy atom. The molecule has 0 aromatic carbocycles. The SMILES string of the molecule is CCNC(=NCCC1=CCOCC1)N1CCN(C2CC3CCC2C3)CC1. The van der Waals surface area contributed by atoms with E-state index in [0.717, 1.165) is 76.1 Å². The van der Waals surface area contributed by atoms with Crippen LogP contribution in [0.2, 0.25) is 0 Å². The lowest BCUT2D eigenvalue weighted by Crippen LogP contribution is -2.55. The van der Waals surface area contributed by atoms with Gasteiger partial charge in [-0.3, -0.25) is 9.89 Å². The molecule has 2 heterocycles. The highest BCUT2D eigenvalue weighted by Gasteiger charge is 2.42. The normalized spacial score (nSPS) is 32.8. The Kier molecular flexibility index (Phi) is 6.16. The number of piperazine rings is 1. The van der Waals surface area contributed by atoms with Crippen LogP contribution in [-0.4, -0.2) is 74.3 Å². The van der Waals surface area contributed by atoms with E-state index in [2.05, 4.69) is 28.1 Å². The van der Waals surface area contributed by atoms with Crippen LogP contribution < -0.4 is 5.32 Å². The van der Waals surface area contributed by atoms with E-state index in [0.29, 0.717) is 0 Å². The number of hydrogen-bond donors (Lipinski definition) is 1. The molecule has 0 aromatic heterocycles. The first kappa shape index (κ1) is 18.3. The second-order valence-corrected chi connectivity index (χ2v) is 8.44. The summed E-state index contributed by atoms with van der Waals surface area (Å²) in [7, 11) is 0. The van der Waals surface area contributed by atoms with E-state index in [1.807, 2.05) is 0 Å². The molecule has 3 atom stereocenters. The van der Waals surface area contributed by atoms with Crippen LogP contribution in [-0.2, 0) is 4.74 Å². The molecule has 1 saturated heterocycles. The summed E-state index contributed by atoms with van der Waals surface area (Å²) in [5.41, 5.74) is 1.51. The number of nitrogens with one attached hydrogen (secondary N) is 1. The molecule has 5 heteroatoms. The van der Waals surface area contributed by atoms with Crippen molar-refractivity contribution in [3.8, 4) is 0 Å². The minimum absolute atomic E-state index is 0.782. The molecule has 26 heavy (non-hydrogen) atoms. The fraction of sp³-hybridized carbons (Fsp3) is 0.857. The second-order valence-electron chi connectivity index (χ2n) is 8.44. The zero-order valence-corrected chi connectivity index (χ0v) is 16.5. The Morgan fingerprint density at radius 2 is 2.12 bits per heavy atom. The van der Waals surface area contributed by atoms with Gasteiger partial charge in [-0.25, -0.2) is 0 Å². The zero-order chi connectivity index (χ0) is 17.8. The lowest BCUT2D eigenvalue weighted by Gasteiger charge is -2.42. The first-order valence-electron chi connectivity index (χ1n) is 10.9. The van der Waals surface area contributed by atoms with Gasteiger partial charge in [0.15, 0.2) is 5.96 Å². The molecule has 2 bridgehead atoms. The Labute approximate surface area is 158 Å². The van der Waals surface area contributed by atoms with Crippen LogP contribution in [0, 0.1) is 11.8 Å². The van der Waals surface area contributed by atoms with Crippen LogP contribution in [0.1, 0.15) is 45.4 Å². The quantitative estimate of drug-likeness (QED) is 0.465. The van der Waals surface area contributed by atoms with E-state index in [1.165, 1.54) is 44.3 Å². The van der Waals surface area contributed by atoms with Gasteiger partial charge in [0.05, 0.1) is 13.2 Å². The number of nitrogens with zero attached hydrogens (tertiary/aromatic N) is 3. The average molecular weight is 361 g/mol. The van der Waals surface area contributed by atoms with Crippen LogP contribution in [0.3, 0.4) is 0 Å². The molecule has 5 nitrogen and oxygen atoms in total. The third-order valence-corrected chi connectivity index (χ3v) is 6.87.